The van der Waals surface area contributed by atoms with Gasteiger partial charge in [0.1, 0.15) is 0 Å². The second-order valence-electron chi connectivity index (χ2n) is 2.39. The summed E-state index contributed by atoms with van der Waals surface area (Å²) >= 11 is 3.85. The van der Waals surface area contributed by atoms with Crippen molar-refractivity contribution in [2.24, 2.45) is 0 Å². The molecule has 0 amide bonds. The summed E-state index contributed by atoms with van der Waals surface area (Å²) in [6.07, 6.45) is 1.07. The van der Waals surface area contributed by atoms with Crippen LogP contribution in [0.15, 0.2) is 0 Å². The highest BCUT2D eigenvalue weighted by atomic mass is 32.1. The Morgan fingerprint density at radius 3 is 2.42 bits per heavy atom. The monoisotopic (exact) mass is 190 g/mol. The number of ketones is 1. The Kier molecular flexibility index (Phi) is 5.80. The van der Waals surface area contributed by atoms with Gasteiger partial charge in [-0.05, 0) is 6.42 Å². The smallest absolute Gasteiger partial charge is 0.326 e. The lowest BCUT2D eigenvalue weighted by atomic mass is 10.2. The minimum absolute atomic E-state index is 0.195. The van der Waals surface area contributed by atoms with Crippen LogP contribution in [-0.2, 0) is 14.3 Å². The Labute approximate surface area is 77.9 Å². The Morgan fingerprint density at radius 2 is 2.00 bits per heavy atom. The lowest BCUT2D eigenvalue weighted by molar-refractivity contribution is -0.145. The van der Waals surface area contributed by atoms with E-state index in [1.807, 2.05) is 6.92 Å². The molecule has 3 nitrogen and oxygen atoms in total. The van der Waals surface area contributed by atoms with Gasteiger partial charge in [-0.2, -0.15) is 12.6 Å². The van der Waals surface area contributed by atoms with Gasteiger partial charge in [0.2, 0.25) is 0 Å². The van der Waals surface area contributed by atoms with E-state index >= 15 is 0 Å². The predicted octanol–water partition coefficient (Wildman–Crippen LogP) is 1.22. The summed E-state index contributed by atoms with van der Waals surface area (Å²) in [5, 5.41) is -0.901. The molecule has 0 aliphatic heterocycles. The van der Waals surface area contributed by atoms with Crippen LogP contribution in [0.5, 0.6) is 0 Å². The van der Waals surface area contributed by atoms with Gasteiger partial charge in [0.15, 0.2) is 11.0 Å². The van der Waals surface area contributed by atoms with E-state index < -0.39 is 11.2 Å². The summed E-state index contributed by atoms with van der Waals surface area (Å²) < 4.78 is 4.74. The second kappa shape index (κ2) is 6.06. The van der Waals surface area contributed by atoms with Gasteiger partial charge in [0, 0.05) is 6.42 Å². The molecule has 12 heavy (non-hydrogen) atoms. The highest BCUT2D eigenvalue weighted by molar-refractivity contribution is 7.82. The van der Waals surface area contributed by atoms with Gasteiger partial charge in [-0.15, -0.1) is 0 Å². The number of rotatable bonds is 5. The molecule has 0 saturated carbocycles. The third-order valence-electron chi connectivity index (χ3n) is 1.33. The van der Waals surface area contributed by atoms with Crippen molar-refractivity contribution in [3.05, 3.63) is 0 Å². The molecule has 0 aliphatic rings. The lowest BCUT2D eigenvalue weighted by Gasteiger charge is -2.07. The molecule has 0 N–H and O–H groups in total. The standard InChI is InChI=1S/C8H14O3S/c1-3-5-11-8(10)7(12)6(9)4-2/h7,12H,3-5H2,1-2H3. The molecule has 1 unspecified atom stereocenters. The van der Waals surface area contributed by atoms with Gasteiger partial charge >= 0.3 is 5.97 Å². The number of hydrogen-bond acceptors (Lipinski definition) is 4. The van der Waals surface area contributed by atoms with Crippen LogP contribution >= 0.6 is 12.6 Å². The molecular formula is C8H14O3S. The van der Waals surface area contributed by atoms with Gasteiger partial charge in [0.25, 0.3) is 0 Å². The number of Topliss-reactive ketones (excluding diaryl/α,β-unsaturated/α-hetero) is 1. The largest absolute Gasteiger partial charge is 0.465 e. The van der Waals surface area contributed by atoms with Crippen LogP contribution in [0.3, 0.4) is 0 Å². The fraction of sp³-hybridized carbons (Fsp3) is 0.750. The zero-order valence-electron chi connectivity index (χ0n) is 7.37. The third-order valence-corrected chi connectivity index (χ3v) is 1.82. The van der Waals surface area contributed by atoms with Crippen molar-refractivity contribution in [1.82, 2.24) is 0 Å². The van der Waals surface area contributed by atoms with Gasteiger partial charge in [-0.1, -0.05) is 13.8 Å². The first kappa shape index (κ1) is 11.5. The van der Waals surface area contributed by atoms with Crippen molar-refractivity contribution < 1.29 is 14.3 Å². The van der Waals surface area contributed by atoms with Crippen LogP contribution in [0.25, 0.3) is 0 Å². The molecule has 0 aromatic carbocycles. The zero-order chi connectivity index (χ0) is 9.56. The van der Waals surface area contributed by atoms with Crippen LogP contribution in [0.4, 0.5) is 0 Å². The summed E-state index contributed by atoms with van der Waals surface area (Å²) in [6, 6.07) is 0. The van der Waals surface area contributed by atoms with Gasteiger partial charge in [0.05, 0.1) is 6.61 Å². The van der Waals surface area contributed by atoms with Crippen molar-refractivity contribution in [3.8, 4) is 0 Å². The summed E-state index contributed by atoms with van der Waals surface area (Å²) in [5.41, 5.74) is 0. The number of carbonyl (C=O) groups excluding carboxylic acids is 2. The number of ether oxygens (including phenoxy) is 1. The predicted molar refractivity (Wildman–Crippen MR) is 49.3 cm³/mol. The van der Waals surface area contributed by atoms with E-state index in [1.54, 1.807) is 6.92 Å². The quantitative estimate of drug-likeness (QED) is 0.402. The van der Waals surface area contributed by atoms with E-state index in [-0.39, 0.29) is 5.78 Å². The molecule has 0 aromatic rings. The first-order valence-electron chi connectivity index (χ1n) is 4.00. The third kappa shape index (κ3) is 3.76. The molecule has 0 fully saturated rings. The zero-order valence-corrected chi connectivity index (χ0v) is 8.27. The molecule has 0 aromatic heterocycles. The van der Waals surface area contributed by atoms with Crippen LogP contribution in [-0.4, -0.2) is 23.6 Å². The maximum atomic E-state index is 11.0. The summed E-state index contributed by atoms with van der Waals surface area (Å²) in [6.45, 7) is 3.94. The Bertz CT molecular complexity index is 168. The number of esters is 1. The summed E-state index contributed by atoms with van der Waals surface area (Å²) in [5.74, 6) is -0.730. The molecule has 1 atom stereocenters. The van der Waals surface area contributed by atoms with Crippen molar-refractivity contribution in [2.75, 3.05) is 6.61 Å². The molecule has 70 valence electrons. The second-order valence-corrected chi connectivity index (χ2v) is 2.91. The Hall–Kier alpha value is -0.510. The average molecular weight is 190 g/mol. The van der Waals surface area contributed by atoms with E-state index in [0.29, 0.717) is 13.0 Å². The fourth-order valence-electron chi connectivity index (χ4n) is 0.606. The van der Waals surface area contributed by atoms with Crippen LogP contribution < -0.4 is 0 Å². The number of thiol groups is 1. The SMILES string of the molecule is CCCOC(=O)C(S)C(=O)CC. The van der Waals surface area contributed by atoms with E-state index in [0.717, 1.165) is 6.42 Å². The lowest BCUT2D eigenvalue weighted by Crippen LogP contribution is -2.26. The highest BCUT2D eigenvalue weighted by Gasteiger charge is 2.21. The topological polar surface area (TPSA) is 43.4 Å². The molecule has 0 rings (SSSR count). The minimum atomic E-state index is -0.901. The van der Waals surface area contributed by atoms with Crippen molar-refractivity contribution in [1.29, 1.82) is 0 Å². The molecule has 0 heterocycles. The normalized spacial score (nSPS) is 12.2. The van der Waals surface area contributed by atoms with Crippen LogP contribution in [0.1, 0.15) is 26.7 Å². The summed E-state index contributed by atoms with van der Waals surface area (Å²) in [7, 11) is 0. The van der Waals surface area contributed by atoms with Crippen molar-refractivity contribution >= 4 is 24.4 Å². The van der Waals surface area contributed by atoms with Gasteiger partial charge in [-0.3, -0.25) is 9.59 Å². The minimum Gasteiger partial charge on any atom is -0.465 e. The first-order chi connectivity index (χ1) is 5.63. The van der Waals surface area contributed by atoms with Gasteiger partial charge < -0.3 is 4.74 Å². The maximum absolute atomic E-state index is 11.0. The Morgan fingerprint density at radius 1 is 1.42 bits per heavy atom. The molecule has 0 bridgehead atoms. The van der Waals surface area contributed by atoms with E-state index in [4.69, 9.17) is 4.74 Å². The average Bonchev–Trinajstić information content (AvgIpc) is 2.11. The summed E-state index contributed by atoms with van der Waals surface area (Å²) in [4.78, 5) is 21.9. The first-order valence-corrected chi connectivity index (χ1v) is 4.52. The maximum Gasteiger partial charge on any atom is 0.326 e. The highest BCUT2D eigenvalue weighted by Crippen LogP contribution is 2.02. The van der Waals surface area contributed by atoms with Crippen LogP contribution in [0, 0.1) is 0 Å². The Balaban J connectivity index is 3.84. The molecular weight excluding hydrogens is 176 g/mol. The molecule has 0 radical (unpaired) electrons. The van der Waals surface area contributed by atoms with Crippen molar-refractivity contribution in [2.45, 2.75) is 31.9 Å². The van der Waals surface area contributed by atoms with Gasteiger partial charge in [-0.25, -0.2) is 0 Å². The van der Waals surface area contributed by atoms with E-state index in [9.17, 15) is 9.59 Å². The molecule has 0 spiro atoms. The fourth-order valence-corrected chi connectivity index (χ4v) is 0.863. The van der Waals surface area contributed by atoms with Crippen molar-refractivity contribution in [3.63, 3.8) is 0 Å². The number of carbonyl (C=O) groups is 2. The van der Waals surface area contributed by atoms with E-state index in [2.05, 4.69) is 12.6 Å². The number of hydrogen-bond donors (Lipinski definition) is 1. The molecule has 0 saturated heterocycles. The van der Waals surface area contributed by atoms with Crippen LogP contribution in [0.2, 0.25) is 0 Å². The molecule has 0 aliphatic carbocycles. The molecule has 4 heteroatoms. The van der Waals surface area contributed by atoms with E-state index in [1.165, 1.54) is 0 Å².